The average molecular weight is 384 g/mol. The Morgan fingerprint density at radius 2 is 1.89 bits per heavy atom. The van der Waals surface area contributed by atoms with Crippen LogP contribution in [0.5, 0.6) is 0 Å². The third-order valence-corrected chi connectivity index (χ3v) is 4.19. The van der Waals surface area contributed by atoms with Gasteiger partial charge in [-0.15, -0.1) is 0 Å². The fourth-order valence-electron chi connectivity index (χ4n) is 2.04. The van der Waals surface area contributed by atoms with Gasteiger partial charge in [-0.2, -0.15) is 0 Å². The molecular formula is C15H16Br2N2. The van der Waals surface area contributed by atoms with E-state index < -0.39 is 0 Å². The number of rotatable bonds is 4. The number of nitrogens with zero attached hydrogens (tertiary/aromatic N) is 1. The standard InChI is InChI=1S/C15H16Br2N2/c1-3-10-4-6-11(7-5-10)14(18-2)15-13(17)8-12(16)9-19-15/h4-9,14,18H,3H2,1-2H3. The first-order valence-electron chi connectivity index (χ1n) is 6.22. The molecule has 1 aromatic heterocycles. The van der Waals surface area contributed by atoms with Gasteiger partial charge < -0.3 is 5.32 Å². The van der Waals surface area contributed by atoms with Crippen LogP contribution in [-0.4, -0.2) is 12.0 Å². The fourth-order valence-corrected chi connectivity index (χ4v) is 3.26. The summed E-state index contributed by atoms with van der Waals surface area (Å²) in [6.07, 6.45) is 2.88. The molecule has 1 atom stereocenters. The van der Waals surface area contributed by atoms with Gasteiger partial charge in [0.2, 0.25) is 0 Å². The lowest BCUT2D eigenvalue weighted by atomic mass is 10.0. The van der Waals surface area contributed by atoms with Crippen molar-refractivity contribution in [2.45, 2.75) is 19.4 Å². The fraction of sp³-hybridized carbons (Fsp3) is 0.267. The second-order valence-corrected chi connectivity index (χ2v) is 6.11. The van der Waals surface area contributed by atoms with Crippen molar-refractivity contribution >= 4 is 31.9 Å². The smallest absolute Gasteiger partial charge is 0.0761 e. The van der Waals surface area contributed by atoms with Crippen molar-refractivity contribution in [3.8, 4) is 0 Å². The number of hydrogen-bond acceptors (Lipinski definition) is 2. The largest absolute Gasteiger partial charge is 0.308 e. The lowest BCUT2D eigenvalue weighted by Crippen LogP contribution is -2.19. The average Bonchev–Trinajstić information content (AvgIpc) is 2.42. The molecule has 100 valence electrons. The molecule has 2 nitrogen and oxygen atoms in total. The minimum Gasteiger partial charge on any atom is -0.308 e. The number of hydrogen-bond donors (Lipinski definition) is 1. The Kier molecular flexibility index (Phi) is 5.13. The maximum Gasteiger partial charge on any atom is 0.0761 e. The summed E-state index contributed by atoms with van der Waals surface area (Å²) < 4.78 is 1.97. The molecule has 1 N–H and O–H groups in total. The zero-order chi connectivity index (χ0) is 13.8. The van der Waals surface area contributed by atoms with Gasteiger partial charge in [0.1, 0.15) is 0 Å². The molecule has 1 heterocycles. The van der Waals surface area contributed by atoms with E-state index >= 15 is 0 Å². The third-order valence-electron chi connectivity index (χ3n) is 3.12. The van der Waals surface area contributed by atoms with Crippen LogP contribution in [-0.2, 0) is 6.42 Å². The van der Waals surface area contributed by atoms with Crippen LogP contribution in [0.4, 0.5) is 0 Å². The van der Waals surface area contributed by atoms with Crippen molar-refractivity contribution in [2.75, 3.05) is 7.05 Å². The number of nitrogens with one attached hydrogen (secondary N) is 1. The van der Waals surface area contributed by atoms with E-state index in [-0.39, 0.29) is 6.04 Å². The zero-order valence-corrected chi connectivity index (χ0v) is 14.1. The van der Waals surface area contributed by atoms with E-state index in [2.05, 4.69) is 73.3 Å². The van der Waals surface area contributed by atoms with Crippen LogP contribution < -0.4 is 5.32 Å². The van der Waals surface area contributed by atoms with Crippen molar-refractivity contribution in [2.24, 2.45) is 0 Å². The first-order valence-corrected chi connectivity index (χ1v) is 7.81. The minimum absolute atomic E-state index is 0.0911. The van der Waals surface area contributed by atoms with Gasteiger partial charge >= 0.3 is 0 Å². The van der Waals surface area contributed by atoms with Crippen LogP contribution in [0.3, 0.4) is 0 Å². The van der Waals surface area contributed by atoms with E-state index in [1.807, 2.05) is 19.3 Å². The summed E-state index contributed by atoms with van der Waals surface area (Å²) >= 11 is 7.01. The molecular weight excluding hydrogens is 368 g/mol. The van der Waals surface area contributed by atoms with E-state index in [9.17, 15) is 0 Å². The third kappa shape index (κ3) is 3.44. The number of aryl methyl sites for hydroxylation is 1. The molecule has 19 heavy (non-hydrogen) atoms. The molecule has 2 rings (SSSR count). The van der Waals surface area contributed by atoms with Gasteiger partial charge in [-0.25, -0.2) is 0 Å². The summed E-state index contributed by atoms with van der Waals surface area (Å²) in [5.41, 5.74) is 3.56. The number of aromatic nitrogens is 1. The van der Waals surface area contributed by atoms with Crippen LogP contribution in [0.25, 0.3) is 0 Å². The van der Waals surface area contributed by atoms with Crippen molar-refractivity contribution in [3.63, 3.8) is 0 Å². The first-order chi connectivity index (χ1) is 9.15. The van der Waals surface area contributed by atoms with Crippen LogP contribution in [0.2, 0.25) is 0 Å². The molecule has 1 aromatic carbocycles. The van der Waals surface area contributed by atoms with Gasteiger partial charge in [0.25, 0.3) is 0 Å². The quantitative estimate of drug-likeness (QED) is 0.841. The van der Waals surface area contributed by atoms with Crippen molar-refractivity contribution in [1.29, 1.82) is 0 Å². The molecule has 0 radical (unpaired) electrons. The molecule has 0 bridgehead atoms. The van der Waals surface area contributed by atoms with E-state index in [4.69, 9.17) is 0 Å². The summed E-state index contributed by atoms with van der Waals surface area (Å²) in [4.78, 5) is 4.51. The van der Waals surface area contributed by atoms with Gasteiger partial charge in [-0.1, -0.05) is 31.2 Å². The second-order valence-electron chi connectivity index (χ2n) is 4.34. The normalized spacial score (nSPS) is 12.4. The van der Waals surface area contributed by atoms with Gasteiger partial charge in [-0.3, -0.25) is 4.98 Å². The predicted octanol–water partition coefficient (Wildman–Crippen LogP) is 4.48. The Hall–Kier alpha value is -0.710. The molecule has 0 aliphatic carbocycles. The second kappa shape index (κ2) is 6.64. The summed E-state index contributed by atoms with van der Waals surface area (Å²) in [6.45, 7) is 2.16. The highest BCUT2D eigenvalue weighted by atomic mass is 79.9. The molecule has 4 heteroatoms. The lowest BCUT2D eigenvalue weighted by Gasteiger charge is -2.18. The molecule has 2 aromatic rings. The Morgan fingerprint density at radius 3 is 2.42 bits per heavy atom. The predicted molar refractivity (Wildman–Crippen MR) is 86.4 cm³/mol. The zero-order valence-electron chi connectivity index (χ0n) is 11.0. The number of halogens is 2. The summed E-state index contributed by atoms with van der Waals surface area (Å²) in [5, 5.41) is 3.32. The Morgan fingerprint density at radius 1 is 1.21 bits per heavy atom. The van der Waals surface area contributed by atoms with Gasteiger partial charge in [0.05, 0.1) is 11.7 Å². The number of benzene rings is 1. The summed E-state index contributed by atoms with van der Waals surface area (Å²) in [7, 11) is 1.95. The Bertz CT molecular complexity index is 553. The van der Waals surface area contributed by atoms with E-state index in [0.29, 0.717) is 0 Å². The highest BCUT2D eigenvalue weighted by molar-refractivity contribution is 9.11. The molecule has 0 aliphatic heterocycles. The van der Waals surface area contributed by atoms with Gasteiger partial charge in [0.15, 0.2) is 0 Å². The van der Waals surface area contributed by atoms with Crippen LogP contribution in [0, 0.1) is 0 Å². The Balaban J connectivity index is 2.37. The highest BCUT2D eigenvalue weighted by Gasteiger charge is 2.16. The molecule has 0 aliphatic rings. The summed E-state index contributed by atoms with van der Waals surface area (Å²) in [5.74, 6) is 0. The molecule has 1 unspecified atom stereocenters. The molecule has 0 saturated carbocycles. The molecule has 0 saturated heterocycles. The van der Waals surface area contributed by atoms with Crippen molar-refractivity contribution < 1.29 is 0 Å². The van der Waals surface area contributed by atoms with E-state index in [1.165, 1.54) is 11.1 Å². The summed E-state index contributed by atoms with van der Waals surface area (Å²) in [6, 6.07) is 10.8. The monoisotopic (exact) mass is 382 g/mol. The SMILES string of the molecule is CCc1ccc(C(NC)c2ncc(Br)cc2Br)cc1. The molecule has 0 amide bonds. The molecule has 0 fully saturated rings. The van der Waals surface area contributed by atoms with Crippen molar-refractivity contribution in [3.05, 3.63) is 62.3 Å². The topological polar surface area (TPSA) is 24.9 Å². The lowest BCUT2D eigenvalue weighted by molar-refractivity contribution is 0.667. The maximum atomic E-state index is 4.51. The van der Waals surface area contributed by atoms with Gasteiger partial charge in [0, 0.05) is 15.1 Å². The van der Waals surface area contributed by atoms with E-state index in [1.54, 1.807) is 0 Å². The molecule has 0 spiro atoms. The maximum absolute atomic E-state index is 4.51. The van der Waals surface area contributed by atoms with Crippen LogP contribution >= 0.6 is 31.9 Å². The minimum atomic E-state index is 0.0911. The van der Waals surface area contributed by atoms with Crippen LogP contribution in [0.1, 0.15) is 29.8 Å². The van der Waals surface area contributed by atoms with Crippen LogP contribution in [0.15, 0.2) is 45.5 Å². The Labute approximate surface area is 130 Å². The van der Waals surface area contributed by atoms with Gasteiger partial charge in [-0.05, 0) is 62.5 Å². The van der Waals surface area contributed by atoms with E-state index in [0.717, 1.165) is 21.1 Å². The van der Waals surface area contributed by atoms with Crippen molar-refractivity contribution in [1.82, 2.24) is 10.3 Å². The highest BCUT2D eigenvalue weighted by Crippen LogP contribution is 2.28. The first kappa shape index (κ1) is 14.7. The number of pyridine rings is 1.